The number of esters is 2. The molecule has 1 saturated heterocycles. The Kier molecular flexibility index (Phi) is 13.3. The molecule has 3 amide bonds. The fraction of sp³-hybridized carbons (Fsp3) is 0.514. The van der Waals surface area contributed by atoms with Crippen molar-refractivity contribution in [3.05, 3.63) is 71.8 Å². The summed E-state index contributed by atoms with van der Waals surface area (Å²) in [4.78, 5) is 67.6. The number of benzene rings is 2. The van der Waals surface area contributed by atoms with Crippen LogP contribution in [0.15, 0.2) is 60.7 Å². The van der Waals surface area contributed by atoms with Gasteiger partial charge < -0.3 is 34.5 Å². The molecular weight excluding hydrogens is 606 g/mol. The Labute approximate surface area is 276 Å². The maximum Gasteiger partial charge on any atom is 0.408 e. The lowest BCUT2D eigenvalue weighted by atomic mass is 9.99. The molecule has 1 aliphatic heterocycles. The van der Waals surface area contributed by atoms with Gasteiger partial charge in [0.1, 0.15) is 24.7 Å². The van der Waals surface area contributed by atoms with Gasteiger partial charge in [-0.05, 0) is 44.2 Å². The van der Waals surface area contributed by atoms with Crippen LogP contribution in [0.25, 0.3) is 0 Å². The van der Waals surface area contributed by atoms with E-state index < -0.39 is 65.8 Å². The Morgan fingerprint density at radius 3 is 2.04 bits per heavy atom. The molecule has 3 rings (SSSR count). The highest BCUT2D eigenvalue weighted by atomic mass is 16.6. The van der Waals surface area contributed by atoms with E-state index in [0.29, 0.717) is 6.42 Å². The summed E-state index contributed by atoms with van der Waals surface area (Å²) in [6.45, 7) is 10.3. The highest BCUT2D eigenvalue weighted by molar-refractivity contribution is 5.91. The normalized spacial score (nSPS) is 18.1. The molecule has 12 nitrogen and oxygen atoms in total. The monoisotopic (exact) mass is 653 g/mol. The molecule has 5 atom stereocenters. The minimum absolute atomic E-state index is 0.00132. The van der Waals surface area contributed by atoms with Gasteiger partial charge in [-0.15, -0.1) is 0 Å². The first-order valence-corrected chi connectivity index (χ1v) is 15.7. The first-order chi connectivity index (χ1) is 22.2. The van der Waals surface area contributed by atoms with Gasteiger partial charge in [0, 0.05) is 19.9 Å². The minimum Gasteiger partial charge on any atom is -0.467 e. The number of carbonyl (C=O) groups excluding carboxylic acids is 5. The number of rotatable bonds is 13. The van der Waals surface area contributed by atoms with E-state index in [9.17, 15) is 24.0 Å². The smallest absolute Gasteiger partial charge is 0.408 e. The van der Waals surface area contributed by atoms with Crippen molar-refractivity contribution < 1.29 is 42.9 Å². The van der Waals surface area contributed by atoms with Crippen molar-refractivity contribution in [2.75, 3.05) is 13.7 Å². The molecule has 47 heavy (non-hydrogen) atoms. The second kappa shape index (κ2) is 16.9. The average Bonchev–Trinajstić information content (AvgIpc) is 3.42. The third-order valence-corrected chi connectivity index (χ3v) is 7.55. The molecular formula is C35H47N3O9. The molecule has 0 saturated carbocycles. The number of hydrogen-bond donors (Lipinski definition) is 2. The van der Waals surface area contributed by atoms with E-state index in [4.69, 9.17) is 18.9 Å². The summed E-state index contributed by atoms with van der Waals surface area (Å²) in [5.74, 6) is -3.09. The first-order valence-electron chi connectivity index (χ1n) is 15.7. The summed E-state index contributed by atoms with van der Waals surface area (Å²) in [6.07, 6.45) is -2.63. The molecule has 12 heteroatoms. The van der Waals surface area contributed by atoms with Gasteiger partial charge in [0.05, 0.1) is 18.8 Å². The lowest BCUT2D eigenvalue weighted by Gasteiger charge is -2.37. The number of amides is 3. The summed E-state index contributed by atoms with van der Waals surface area (Å²) in [7, 11) is 1.21. The number of nitrogens with zero attached hydrogens (tertiary/aromatic N) is 1. The highest BCUT2D eigenvalue weighted by Crippen LogP contribution is 2.30. The largest absolute Gasteiger partial charge is 0.467 e. The van der Waals surface area contributed by atoms with E-state index in [-0.39, 0.29) is 25.5 Å². The molecule has 0 bridgehead atoms. The zero-order chi connectivity index (χ0) is 34.7. The zero-order valence-electron chi connectivity index (χ0n) is 28.2. The Bertz CT molecular complexity index is 1360. The van der Waals surface area contributed by atoms with E-state index in [1.54, 1.807) is 13.8 Å². The van der Waals surface area contributed by atoms with Crippen molar-refractivity contribution in [1.29, 1.82) is 0 Å². The standard InChI is InChI=1S/C35H47N3O9/c1-22(2)28(33(42)44-7)37-31(40)30(46-23(3)39)29-27(47-35(4,5)6)18-19-38(29)32(41)26(20-24-14-10-8-11-15-24)36-34(43)45-21-25-16-12-9-13-17-25/h8-17,22,26-30H,18-21H2,1-7H3,(H,36,43)(H,37,40)/t26-,27-,28-,29-,30+/m0/s1. The number of nitrogens with one attached hydrogen (secondary N) is 2. The van der Waals surface area contributed by atoms with Crippen molar-refractivity contribution in [3.63, 3.8) is 0 Å². The SMILES string of the molecule is COC(=O)[C@@H](NC(=O)[C@H](OC(C)=O)[C@@H]1[C@@H](OC(C)(C)C)CCN1C(=O)[C@H](Cc1ccccc1)NC(=O)OCc1ccccc1)C(C)C. The van der Waals surface area contributed by atoms with Crippen LogP contribution in [0.4, 0.5) is 4.79 Å². The third kappa shape index (κ3) is 11.1. The van der Waals surface area contributed by atoms with Gasteiger partial charge in [0.25, 0.3) is 5.91 Å². The lowest BCUT2D eigenvalue weighted by molar-refractivity contribution is -0.168. The zero-order valence-corrected chi connectivity index (χ0v) is 28.2. The van der Waals surface area contributed by atoms with Gasteiger partial charge in [0.15, 0.2) is 0 Å². The van der Waals surface area contributed by atoms with Crippen LogP contribution in [0.2, 0.25) is 0 Å². The fourth-order valence-corrected chi connectivity index (χ4v) is 5.46. The molecule has 256 valence electrons. The molecule has 0 aromatic heterocycles. The van der Waals surface area contributed by atoms with Crippen LogP contribution in [0.3, 0.4) is 0 Å². The van der Waals surface area contributed by atoms with Crippen molar-refractivity contribution in [2.45, 2.75) is 96.9 Å². The van der Waals surface area contributed by atoms with Crippen LogP contribution in [-0.2, 0) is 51.2 Å². The Balaban J connectivity index is 1.97. The van der Waals surface area contributed by atoms with Crippen molar-refractivity contribution in [2.24, 2.45) is 5.92 Å². The molecule has 0 radical (unpaired) electrons. The molecule has 0 unspecified atom stereocenters. The van der Waals surface area contributed by atoms with E-state index in [1.165, 1.54) is 12.0 Å². The number of likely N-dealkylation sites (tertiary alicyclic amines) is 1. The second-order valence-electron chi connectivity index (χ2n) is 12.8. The number of methoxy groups -OCH3 is 1. The van der Waals surface area contributed by atoms with Gasteiger partial charge in [-0.25, -0.2) is 9.59 Å². The average molecular weight is 654 g/mol. The summed E-state index contributed by atoms with van der Waals surface area (Å²) in [5.41, 5.74) is 0.867. The molecule has 2 N–H and O–H groups in total. The fourth-order valence-electron chi connectivity index (χ4n) is 5.46. The quantitative estimate of drug-likeness (QED) is 0.245. The Hall–Kier alpha value is -4.45. The lowest BCUT2D eigenvalue weighted by Crippen LogP contribution is -2.61. The third-order valence-electron chi connectivity index (χ3n) is 7.55. The van der Waals surface area contributed by atoms with Crippen LogP contribution in [0.5, 0.6) is 0 Å². The van der Waals surface area contributed by atoms with Crippen molar-refractivity contribution >= 4 is 29.8 Å². The summed E-state index contributed by atoms with van der Waals surface area (Å²) in [5, 5.41) is 5.36. The molecule has 2 aromatic rings. The topological polar surface area (TPSA) is 150 Å². The highest BCUT2D eigenvalue weighted by Gasteiger charge is 2.50. The van der Waals surface area contributed by atoms with Gasteiger partial charge in [0.2, 0.25) is 12.0 Å². The minimum atomic E-state index is -1.54. The second-order valence-corrected chi connectivity index (χ2v) is 12.8. The molecule has 1 fully saturated rings. The number of hydrogen-bond acceptors (Lipinski definition) is 9. The molecule has 0 aliphatic carbocycles. The molecule has 0 spiro atoms. The first kappa shape index (κ1) is 37.0. The van der Waals surface area contributed by atoms with E-state index >= 15 is 0 Å². The Morgan fingerprint density at radius 1 is 0.915 bits per heavy atom. The predicted octanol–water partition coefficient (Wildman–Crippen LogP) is 3.55. The van der Waals surface area contributed by atoms with Crippen LogP contribution in [-0.4, -0.2) is 84.3 Å². The molecule has 2 aromatic carbocycles. The van der Waals surface area contributed by atoms with Crippen LogP contribution >= 0.6 is 0 Å². The van der Waals surface area contributed by atoms with Gasteiger partial charge >= 0.3 is 18.0 Å². The maximum atomic E-state index is 14.4. The van der Waals surface area contributed by atoms with Crippen LogP contribution in [0.1, 0.15) is 59.1 Å². The van der Waals surface area contributed by atoms with Crippen LogP contribution in [0, 0.1) is 5.92 Å². The van der Waals surface area contributed by atoms with Gasteiger partial charge in [-0.2, -0.15) is 0 Å². The predicted molar refractivity (Wildman–Crippen MR) is 173 cm³/mol. The summed E-state index contributed by atoms with van der Waals surface area (Å²) < 4.78 is 22.2. The Morgan fingerprint density at radius 2 is 1.51 bits per heavy atom. The number of carbonyl (C=O) groups is 5. The van der Waals surface area contributed by atoms with Gasteiger partial charge in [-0.1, -0.05) is 74.5 Å². The summed E-state index contributed by atoms with van der Waals surface area (Å²) >= 11 is 0. The summed E-state index contributed by atoms with van der Waals surface area (Å²) in [6, 6.07) is 15.1. The van der Waals surface area contributed by atoms with E-state index in [0.717, 1.165) is 18.1 Å². The van der Waals surface area contributed by atoms with Crippen molar-refractivity contribution in [3.8, 4) is 0 Å². The van der Waals surface area contributed by atoms with E-state index in [2.05, 4.69) is 10.6 Å². The molecule has 1 heterocycles. The van der Waals surface area contributed by atoms with Gasteiger partial charge in [-0.3, -0.25) is 14.4 Å². The maximum absolute atomic E-state index is 14.4. The van der Waals surface area contributed by atoms with E-state index in [1.807, 2.05) is 81.4 Å². The van der Waals surface area contributed by atoms with Crippen molar-refractivity contribution in [1.82, 2.24) is 15.5 Å². The number of ether oxygens (including phenoxy) is 4. The molecule has 1 aliphatic rings. The number of alkyl carbamates (subject to hydrolysis) is 1. The van der Waals surface area contributed by atoms with Crippen LogP contribution < -0.4 is 10.6 Å².